The highest BCUT2D eigenvalue weighted by atomic mass is 16.4. The molecule has 0 aromatic heterocycles. The lowest BCUT2D eigenvalue weighted by molar-refractivity contribution is -0.877. The Hall–Kier alpha value is -1.51. The number of aliphatic hydroxyl groups excluding tert-OH is 1. The Balaban J connectivity index is 0.00000147. The van der Waals surface area contributed by atoms with E-state index in [0.717, 1.165) is 18.7 Å². The van der Waals surface area contributed by atoms with E-state index >= 15 is 0 Å². The molecule has 0 saturated heterocycles. The number of rotatable bonds is 22. The summed E-state index contributed by atoms with van der Waals surface area (Å²) in [5, 5.41) is 27.7. The minimum Gasteiger partial charge on any atom is -0.477 e. The molecule has 0 radical (unpaired) electrons. The minimum absolute atomic E-state index is 0.0602. The van der Waals surface area contributed by atoms with Crippen LogP contribution in [0.5, 0.6) is 0 Å². The van der Waals surface area contributed by atoms with Crippen molar-refractivity contribution in [1.29, 1.82) is 0 Å². The zero-order valence-electron chi connectivity index (χ0n) is 25.4. The predicted molar refractivity (Wildman–Crippen MR) is 156 cm³/mol. The van der Waals surface area contributed by atoms with Crippen molar-refractivity contribution in [2.24, 2.45) is 4.99 Å². The number of hydrogen-bond donors (Lipinski definition) is 3. The third kappa shape index (κ3) is 18.7. The highest BCUT2D eigenvalue weighted by Crippen LogP contribution is 2.23. The molecule has 0 aromatic rings. The molecular formula is C30H61N3O5+2. The van der Waals surface area contributed by atoms with Crippen LogP contribution in [-0.4, -0.2) is 95.6 Å². The lowest BCUT2D eigenvalue weighted by atomic mass is 10.0. The number of amidine groups is 1. The van der Waals surface area contributed by atoms with Crippen molar-refractivity contribution in [3.8, 4) is 0 Å². The maximum Gasteiger partial charge on any atom is 0.359 e. The maximum atomic E-state index is 11.3. The van der Waals surface area contributed by atoms with E-state index in [0.29, 0.717) is 17.6 Å². The van der Waals surface area contributed by atoms with Gasteiger partial charge in [0, 0.05) is 13.3 Å². The summed E-state index contributed by atoms with van der Waals surface area (Å²) in [5.74, 6) is -0.729. The molecule has 0 spiro atoms. The number of unbranched alkanes of at least 4 members (excludes halogenated alkanes) is 15. The Morgan fingerprint density at radius 2 is 1.21 bits per heavy atom. The normalized spacial score (nSPS) is 18.0. The molecule has 2 atom stereocenters. The molecule has 38 heavy (non-hydrogen) atoms. The fraction of sp³-hybridized carbons (Fsp3) is 0.900. The summed E-state index contributed by atoms with van der Waals surface area (Å²) in [6, 6.07) is 0. The van der Waals surface area contributed by atoms with Crippen molar-refractivity contribution in [1.82, 2.24) is 0 Å². The summed E-state index contributed by atoms with van der Waals surface area (Å²) in [6.45, 7) is 5.33. The number of aliphatic hydroxyl groups is 1. The Bertz CT molecular complexity index is 661. The van der Waals surface area contributed by atoms with Gasteiger partial charge in [-0.05, 0) is 6.42 Å². The summed E-state index contributed by atoms with van der Waals surface area (Å²) in [7, 11) is 5.52. The number of hydrogen-bond acceptors (Lipinski definition) is 4. The molecule has 2 unspecified atom stereocenters. The third-order valence-corrected chi connectivity index (χ3v) is 7.30. The first-order chi connectivity index (χ1) is 17.9. The Kier molecular flexibility index (Phi) is 20.5. The topological polar surface area (TPSA) is 107 Å². The van der Waals surface area contributed by atoms with Crippen molar-refractivity contribution < 1.29 is 33.9 Å². The van der Waals surface area contributed by atoms with Gasteiger partial charge in [-0.3, -0.25) is 0 Å². The Morgan fingerprint density at radius 3 is 1.53 bits per heavy atom. The fourth-order valence-electron chi connectivity index (χ4n) is 5.11. The lowest BCUT2D eigenvalue weighted by Crippen LogP contribution is -2.59. The largest absolute Gasteiger partial charge is 0.477 e. The van der Waals surface area contributed by atoms with Crippen LogP contribution >= 0.6 is 0 Å². The van der Waals surface area contributed by atoms with E-state index in [9.17, 15) is 19.8 Å². The Labute approximate surface area is 233 Å². The number of carboxylic acids is 2. The van der Waals surface area contributed by atoms with Gasteiger partial charge in [-0.1, -0.05) is 103 Å². The molecule has 1 aliphatic rings. The molecule has 0 fully saturated rings. The van der Waals surface area contributed by atoms with E-state index in [1.165, 1.54) is 96.3 Å². The predicted octanol–water partition coefficient (Wildman–Crippen LogP) is 6.07. The van der Waals surface area contributed by atoms with Gasteiger partial charge in [0.25, 0.3) is 0 Å². The summed E-state index contributed by atoms with van der Waals surface area (Å²) in [5.41, 5.74) is 0. The number of carbonyl (C=O) groups is 2. The first kappa shape index (κ1) is 36.5. The van der Waals surface area contributed by atoms with E-state index in [1.54, 1.807) is 6.92 Å². The zero-order chi connectivity index (χ0) is 28.9. The van der Waals surface area contributed by atoms with Crippen molar-refractivity contribution in [3.05, 3.63) is 0 Å². The number of carboxylic acid groups (broad SMARTS) is 2. The van der Waals surface area contributed by atoms with Gasteiger partial charge < -0.3 is 19.8 Å². The SMILES string of the molecule is CCCCCCCCCCCCCCCCCCC1=NCC[N+]1(CC(=O)O)C(C)O.C[N+](C)(C)CC(=O)O. The monoisotopic (exact) mass is 543 g/mol. The number of nitrogens with zero attached hydrogens (tertiary/aromatic N) is 3. The van der Waals surface area contributed by atoms with E-state index < -0.39 is 18.2 Å². The van der Waals surface area contributed by atoms with Gasteiger partial charge in [-0.15, -0.1) is 0 Å². The van der Waals surface area contributed by atoms with Gasteiger partial charge in [-0.25, -0.2) is 19.1 Å². The standard InChI is InChI=1S/C25H48N2O3.C5H11NO2/c1-3-4-5-6-7-8-9-10-11-12-13-14-15-16-17-18-19-24-26-20-21-27(24,23(2)28)22-25(29)30;1-6(2,3)4-5(7)8/h23,28H,3-22H2,1-2H3;4H2,1-3H3/p+2. The van der Waals surface area contributed by atoms with Crippen molar-refractivity contribution in [2.45, 2.75) is 129 Å². The number of quaternary nitrogens is 2. The molecule has 224 valence electrons. The van der Waals surface area contributed by atoms with Crippen LogP contribution in [0.25, 0.3) is 0 Å². The minimum atomic E-state index is -0.863. The highest BCUT2D eigenvalue weighted by molar-refractivity contribution is 5.80. The molecule has 8 nitrogen and oxygen atoms in total. The maximum absolute atomic E-state index is 11.3. The van der Waals surface area contributed by atoms with E-state index in [4.69, 9.17) is 5.11 Å². The molecule has 3 N–H and O–H groups in total. The molecule has 1 rings (SSSR count). The van der Waals surface area contributed by atoms with Crippen LogP contribution in [0.3, 0.4) is 0 Å². The van der Waals surface area contributed by atoms with E-state index in [1.807, 2.05) is 21.1 Å². The molecule has 8 heteroatoms. The second-order valence-corrected chi connectivity index (χ2v) is 12.1. The first-order valence-corrected chi connectivity index (χ1v) is 15.3. The molecular weight excluding hydrogens is 482 g/mol. The second kappa shape index (κ2) is 21.3. The molecule has 0 aromatic carbocycles. The van der Waals surface area contributed by atoms with Gasteiger partial charge >= 0.3 is 11.9 Å². The molecule has 1 heterocycles. The zero-order valence-corrected chi connectivity index (χ0v) is 25.4. The first-order valence-electron chi connectivity index (χ1n) is 15.3. The van der Waals surface area contributed by atoms with Gasteiger partial charge in [-0.2, -0.15) is 0 Å². The average molecular weight is 544 g/mol. The van der Waals surface area contributed by atoms with Crippen molar-refractivity contribution in [3.63, 3.8) is 0 Å². The highest BCUT2D eigenvalue weighted by Gasteiger charge is 2.43. The molecule has 0 saturated carbocycles. The smallest absolute Gasteiger partial charge is 0.359 e. The van der Waals surface area contributed by atoms with Gasteiger partial charge in [0.05, 0.1) is 27.7 Å². The van der Waals surface area contributed by atoms with Gasteiger partial charge in [0.1, 0.15) is 6.54 Å². The summed E-state index contributed by atoms with van der Waals surface area (Å²) >= 11 is 0. The van der Waals surface area contributed by atoms with Crippen LogP contribution < -0.4 is 0 Å². The number of likely N-dealkylation sites (N-methyl/N-ethyl adjacent to an activating group) is 1. The lowest BCUT2D eigenvalue weighted by Gasteiger charge is -2.35. The number of aliphatic carboxylic acids is 2. The van der Waals surface area contributed by atoms with E-state index in [-0.39, 0.29) is 17.6 Å². The second-order valence-electron chi connectivity index (χ2n) is 12.1. The van der Waals surface area contributed by atoms with Gasteiger partial charge in [0.2, 0.25) is 5.84 Å². The molecule has 1 aliphatic heterocycles. The van der Waals surface area contributed by atoms with Crippen LogP contribution in [0.4, 0.5) is 0 Å². The third-order valence-electron chi connectivity index (χ3n) is 7.30. The molecule has 0 aliphatic carbocycles. The van der Waals surface area contributed by atoms with Crippen LogP contribution in [0, 0.1) is 0 Å². The van der Waals surface area contributed by atoms with Crippen molar-refractivity contribution >= 4 is 17.8 Å². The quantitative estimate of drug-likeness (QED) is 0.114. The van der Waals surface area contributed by atoms with E-state index in [2.05, 4.69) is 11.9 Å². The summed E-state index contributed by atoms with van der Waals surface area (Å²) in [6.07, 6.45) is 21.7. The Morgan fingerprint density at radius 1 is 0.789 bits per heavy atom. The molecule has 0 bridgehead atoms. The summed E-state index contributed by atoms with van der Waals surface area (Å²) in [4.78, 5) is 25.8. The summed E-state index contributed by atoms with van der Waals surface area (Å²) < 4.78 is 0.614. The van der Waals surface area contributed by atoms with Crippen LogP contribution in [-0.2, 0) is 9.59 Å². The number of aliphatic imine (C=N–C) groups is 1. The van der Waals surface area contributed by atoms with Crippen LogP contribution in [0.1, 0.15) is 123 Å². The van der Waals surface area contributed by atoms with Crippen LogP contribution in [0.15, 0.2) is 4.99 Å². The molecule has 0 amide bonds. The van der Waals surface area contributed by atoms with Gasteiger partial charge in [0.15, 0.2) is 19.3 Å². The van der Waals surface area contributed by atoms with Crippen molar-refractivity contribution in [2.75, 3.05) is 47.3 Å². The average Bonchev–Trinajstić information content (AvgIpc) is 3.20. The van der Waals surface area contributed by atoms with Crippen LogP contribution in [0.2, 0.25) is 0 Å². The fourth-order valence-corrected chi connectivity index (χ4v) is 5.11.